The zero-order valence-electron chi connectivity index (χ0n) is 10.6. The maximum atomic E-state index is 11.9. The molecule has 6 heteroatoms. The van der Waals surface area contributed by atoms with E-state index >= 15 is 0 Å². The Labute approximate surface area is 117 Å². The summed E-state index contributed by atoms with van der Waals surface area (Å²) in [6, 6.07) is 0.769. The molecule has 1 atom stereocenters. The molecule has 3 heterocycles. The van der Waals surface area contributed by atoms with Crippen molar-refractivity contribution in [2.75, 3.05) is 55.7 Å². The highest BCUT2D eigenvalue weighted by atomic mass is 32.2. The molecule has 0 spiro atoms. The molecule has 3 fully saturated rings. The van der Waals surface area contributed by atoms with Gasteiger partial charge in [0.1, 0.15) is 6.04 Å². The SMILES string of the molecule is O=C1NCCN2CCN(C3CSCCSC3)CC12. The van der Waals surface area contributed by atoms with Crippen LogP contribution in [0.15, 0.2) is 0 Å². The summed E-state index contributed by atoms with van der Waals surface area (Å²) in [5.74, 6) is 5.28. The van der Waals surface area contributed by atoms with Crippen molar-refractivity contribution in [1.29, 1.82) is 0 Å². The topological polar surface area (TPSA) is 35.6 Å². The van der Waals surface area contributed by atoms with Crippen molar-refractivity contribution in [2.45, 2.75) is 12.1 Å². The standard InChI is InChI=1S/C12H21N3OS2/c16-12-11-7-15(4-3-14(11)2-1-13-12)10-8-17-5-6-18-9-10/h10-11H,1-9H2,(H,13,16). The summed E-state index contributed by atoms with van der Waals surface area (Å²) in [6.45, 7) is 4.97. The highest BCUT2D eigenvalue weighted by Crippen LogP contribution is 2.23. The van der Waals surface area contributed by atoms with Crippen molar-refractivity contribution in [3.63, 3.8) is 0 Å². The Morgan fingerprint density at radius 1 is 1.06 bits per heavy atom. The third-order valence-corrected chi connectivity index (χ3v) is 6.52. The van der Waals surface area contributed by atoms with Crippen LogP contribution in [0, 0.1) is 0 Å². The summed E-state index contributed by atoms with van der Waals surface area (Å²) in [5, 5.41) is 3.00. The quantitative estimate of drug-likeness (QED) is 0.732. The van der Waals surface area contributed by atoms with E-state index in [4.69, 9.17) is 0 Å². The molecule has 1 N–H and O–H groups in total. The molecule has 0 aromatic heterocycles. The van der Waals surface area contributed by atoms with E-state index in [9.17, 15) is 4.79 Å². The second kappa shape index (κ2) is 6.03. The lowest BCUT2D eigenvalue weighted by Gasteiger charge is -2.45. The molecule has 1 unspecified atom stereocenters. The third-order valence-electron chi connectivity index (χ3n) is 4.03. The number of hydrogen-bond donors (Lipinski definition) is 1. The summed E-state index contributed by atoms with van der Waals surface area (Å²) >= 11 is 4.14. The van der Waals surface area contributed by atoms with Crippen LogP contribution in [0.4, 0.5) is 0 Å². The minimum atomic E-state index is 0.103. The van der Waals surface area contributed by atoms with Gasteiger partial charge < -0.3 is 5.32 Å². The first-order valence-electron chi connectivity index (χ1n) is 6.76. The Hall–Kier alpha value is 0.0900. The van der Waals surface area contributed by atoms with Gasteiger partial charge in [0.05, 0.1) is 0 Å². The Bertz CT molecular complexity index is 308. The van der Waals surface area contributed by atoms with Crippen LogP contribution in [0.25, 0.3) is 0 Å². The highest BCUT2D eigenvalue weighted by Gasteiger charge is 2.36. The van der Waals surface area contributed by atoms with Crippen molar-refractivity contribution in [3.8, 4) is 0 Å². The molecule has 0 bridgehead atoms. The molecule has 3 aliphatic rings. The zero-order chi connectivity index (χ0) is 12.4. The van der Waals surface area contributed by atoms with Gasteiger partial charge in [-0.15, -0.1) is 0 Å². The van der Waals surface area contributed by atoms with Gasteiger partial charge in [0.15, 0.2) is 0 Å². The molecule has 0 aromatic carbocycles. The molecule has 1 amide bonds. The number of nitrogens with one attached hydrogen (secondary N) is 1. The first-order chi connectivity index (χ1) is 8.84. The van der Waals surface area contributed by atoms with E-state index in [-0.39, 0.29) is 11.9 Å². The average Bonchev–Trinajstić information content (AvgIpc) is 2.68. The first-order valence-corrected chi connectivity index (χ1v) is 9.07. The van der Waals surface area contributed by atoms with E-state index in [0.717, 1.165) is 32.7 Å². The van der Waals surface area contributed by atoms with E-state index in [2.05, 4.69) is 38.6 Å². The molecule has 0 radical (unpaired) electrons. The Morgan fingerprint density at radius 3 is 2.56 bits per heavy atom. The number of carbonyl (C=O) groups is 1. The maximum absolute atomic E-state index is 11.9. The zero-order valence-corrected chi connectivity index (χ0v) is 12.3. The monoisotopic (exact) mass is 287 g/mol. The van der Waals surface area contributed by atoms with Crippen molar-refractivity contribution in [2.24, 2.45) is 0 Å². The molecule has 3 saturated heterocycles. The van der Waals surface area contributed by atoms with Gasteiger partial charge in [0.25, 0.3) is 0 Å². The van der Waals surface area contributed by atoms with Crippen LogP contribution in [-0.2, 0) is 4.79 Å². The molecule has 0 aromatic rings. The summed E-state index contributed by atoms with van der Waals surface area (Å²) < 4.78 is 0. The van der Waals surface area contributed by atoms with E-state index in [1.54, 1.807) is 0 Å². The third kappa shape index (κ3) is 2.81. The number of nitrogens with zero attached hydrogens (tertiary/aromatic N) is 2. The van der Waals surface area contributed by atoms with Crippen LogP contribution in [0.2, 0.25) is 0 Å². The highest BCUT2D eigenvalue weighted by molar-refractivity contribution is 8.03. The van der Waals surface area contributed by atoms with Crippen LogP contribution in [0.3, 0.4) is 0 Å². The number of carbonyl (C=O) groups excluding carboxylic acids is 1. The lowest BCUT2D eigenvalue weighted by atomic mass is 10.1. The van der Waals surface area contributed by atoms with Crippen molar-refractivity contribution in [1.82, 2.24) is 15.1 Å². The summed E-state index contributed by atoms with van der Waals surface area (Å²) in [5.41, 5.74) is 0. The summed E-state index contributed by atoms with van der Waals surface area (Å²) in [4.78, 5) is 16.8. The molecule has 3 aliphatic heterocycles. The number of hydrogen-bond acceptors (Lipinski definition) is 5. The van der Waals surface area contributed by atoms with Crippen LogP contribution in [0.5, 0.6) is 0 Å². The predicted molar refractivity (Wildman–Crippen MR) is 78.4 cm³/mol. The minimum absolute atomic E-state index is 0.103. The number of fused-ring (bicyclic) bond motifs is 1. The fraction of sp³-hybridized carbons (Fsp3) is 0.917. The van der Waals surface area contributed by atoms with Gasteiger partial charge in [0.2, 0.25) is 5.91 Å². The second-order valence-electron chi connectivity index (χ2n) is 5.14. The molecule has 18 heavy (non-hydrogen) atoms. The van der Waals surface area contributed by atoms with Gasteiger partial charge in [-0.05, 0) is 0 Å². The fourth-order valence-electron chi connectivity index (χ4n) is 2.95. The maximum Gasteiger partial charge on any atom is 0.238 e. The van der Waals surface area contributed by atoms with Crippen LogP contribution in [0.1, 0.15) is 0 Å². The van der Waals surface area contributed by atoms with Crippen LogP contribution >= 0.6 is 23.5 Å². The number of thioether (sulfide) groups is 2. The molecule has 4 nitrogen and oxygen atoms in total. The van der Waals surface area contributed by atoms with Gasteiger partial charge in [-0.3, -0.25) is 14.6 Å². The van der Waals surface area contributed by atoms with Gasteiger partial charge in [-0.25, -0.2) is 0 Å². The molecular formula is C12H21N3OS2. The lowest BCUT2D eigenvalue weighted by Crippen LogP contribution is -2.65. The lowest BCUT2D eigenvalue weighted by molar-refractivity contribution is -0.132. The fourth-order valence-corrected chi connectivity index (χ4v) is 5.57. The summed E-state index contributed by atoms with van der Waals surface area (Å²) in [6.07, 6.45) is 0. The van der Waals surface area contributed by atoms with Gasteiger partial charge in [0, 0.05) is 61.8 Å². The van der Waals surface area contributed by atoms with Crippen molar-refractivity contribution < 1.29 is 4.79 Å². The van der Waals surface area contributed by atoms with E-state index in [1.807, 2.05) is 0 Å². The van der Waals surface area contributed by atoms with Crippen LogP contribution in [-0.4, -0.2) is 83.5 Å². The number of rotatable bonds is 1. The minimum Gasteiger partial charge on any atom is -0.353 e. The number of piperazine rings is 2. The van der Waals surface area contributed by atoms with E-state index in [0.29, 0.717) is 6.04 Å². The second-order valence-corrected chi connectivity index (χ2v) is 7.44. The molecule has 0 aliphatic carbocycles. The van der Waals surface area contributed by atoms with Crippen molar-refractivity contribution in [3.05, 3.63) is 0 Å². The van der Waals surface area contributed by atoms with Gasteiger partial charge in [-0.1, -0.05) is 0 Å². The van der Waals surface area contributed by atoms with Crippen LogP contribution < -0.4 is 5.32 Å². The molecule has 3 rings (SSSR count). The normalized spacial score (nSPS) is 32.7. The Balaban J connectivity index is 1.62. The smallest absolute Gasteiger partial charge is 0.238 e. The Morgan fingerprint density at radius 2 is 1.78 bits per heavy atom. The van der Waals surface area contributed by atoms with Crippen molar-refractivity contribution >= 4 is 29.4 Å². The van der Waals surface area contributed by atoms with Gasteiger partial charge in [-0.2, -0.15) is 23.5 Å². The average molecular weight is 287 g/mol. The first kappa shape index (κ1) is 13.1. The number of amides is 1. The van der Waals surface area contributed by atoms with E-state index in [1.165, 1.54) is 23.0 Å². The largest absolute Gasteiger partial charge is 0.353 e. The molecular weight excluding hydrogens is 266 g/mol. The summed E-state index contributed by atoms with van der Waals surface area (Å²) in [7, 11) is 0. The Kier molecular flexibility index (Phi) is 4.38. The molecule has 0 saturated carbocycles. The van der Waals surface area contributed by atoms with E-state index < -0.39 is 0 Å². The molecule has 102 valence electrons. The van der Waals surface area contributed by atoms with Gasteiger partial charge >= 0.3 is 0 Å². The predicted octanol–water partition coefficient (Wildman–Crippen LogP) is -0.0490.